The fourth-order valence-corrected chi connectivity index (χ4v) is 3.11. The van der Waals surface area contributed by atoms with E-state index in [0.29, 0.717) is 18.1 Å². The van der Waals surface area contributed by atoms with Gasteiger partial charge in [-0.2, -0.15) is 0 Å². The van der Waals surface area contributed by atoms with E-state index in [1.807, 2.05) is 18.4 Å². The summed E-state index contributed by atoms with van der Waals surface area (Å²) < 4.78 is 14.8. The van der Waals surface area contributed by atoms with Crippen molar-refractivity contribution in [3.63, 3.8) is 0 Å². The molecule has 0 amide bonds. The van der Waals surface area contributed by atoms with Crippen LogP contribution in [0.1, 0.15) is 18.2 Å². The molecule has 3 aromatic rings. The zero-order valence-electron chi connectivity index (χ0n) is 12.2. The lowest BCUT2D eigenvalue weighted by atomic mass is 10.2. The number of fused-ring (bicyclic) bond motifs is 1. The van der Waals surface area contributed by atoms with Gasteiger partial charge in [-0.1, -0.05) is 19.1 Å². The summed E-state index contributed by atoms with van der Waals surface area (Å²) in [5, 5.41) is 1.85. The van der Waals surface area contributed by atoms with E-state index >= 15 is 0 Å². The molecule has 0 radical (unpaired) electrons. The molecule has 0 aliphatic carbocycles. The van der Waals surface area contributed by atoms with Crippen molar-refractivity contribution >= 4 is 16.3 Å². The second-order valence-electron chi connectivity index (χ2n) is 5.07. The Morgan fingerprint density at radius 1 is 1.32 bits per heavy atom. The Morgan fingerprint density at radius 3 is 2.95 bits per heavy atom. The van der Waals surface area contributed by atoms with Crippen molar-refractivity contribution in [1.82, 2.24) is 14.3 Å². The highest BCUT2D eigenvalue weighted by Crippen LogP contribution is 2.11. The summed E-state index contributed by atoms with van der Waals surface area (Å²) in [5.41, 5.74) is 1.59. The summed E-state index contributed by atoms with van der Waals surface area (Å²) in [5.74, 6) is -0.232. The normalized spacial score (nSPS) is 11.4. The van der Waals surface area contributed by atoms with Crippen LogP contribution in [0.4, 0.5) is 4.39 Å². The highest BCUT2D eigenvalue weighted by molar-refractivity contribution is 7.15. The second kappa shape index (κ2) is 6.37. The van der Waals surface area contributed by atoms with Crippen LogP contribution < -0.4 is 5.56 Å². The molecular formula is C16H16FN3OS. The van der Waals surface area contributed by atoms with Crippen LogP contribution in [0, 0.1) is 5.82 Å². The van der Waals surface area contributed by atoms with E-state index in [1.165, 1.54) is 27.9 Å². The van der Waals surface area contributed by atoms with Crippen LogP contribution in [0.25, 0.3) is 4.96 Å². The molecule has 0 unspecified atom stereocenters. The molecule has 114 valence electrons. The van der Waals surface area contributed by atoms with Crippen molar-refractivity contribution in [1.29, 1.82) is 0 Å². The molecule has 0 saturated heterocycles. The fraction of sp³-hybridized carbons (Fsp3) is 0.250. The van der Waals surface area contributed by atoms with Crippen LogP contribution in [0.5, 0.6) is 0 Å². The molecule has 0 spiro atoms. The summed E-state index contributed by atoms with van der Waals surface area (Å²) in [4.78, 5) is 19.3. The molecule has 0 aliphatic heterocycles. The average Bonchev–Trinajstić information content (AvgIpc) is 2.95. The molecule has 22 heavy (non-hydrogen) atoms. The Bertz CT molecular complexity index is 843. The van der Waals surface area contributed by atoms with E-state index in [1.54, 1.807) is 18.3 Å². The monoisotopic (exact) mass is 317 g/mol. The van der Waals surface area contributed by atoms with E-state index in [2.05, 4.69) is 9.88 Å². The second-order valence-corrected chi connectivity index (χ2v) is 5.95. The van der Waals surface area contributed by atoms with Crippen molar-refractivity contribution in [2.24, 2.45) is 0 Å². The highest BCUT2D eigenvalue weighted by Gasteiger charge is 2.09. The van der Waals surface area contributed by atoms with Crippen molar-refractivity contribution in [3.8, 4) is 0 Å². The lowest BCUT2D eigenvalue weighted by molar-refractivity contribution is 0.268. The highest BCUT2D eigenvalue weighted by atomic mass is 32.1. The minimum atomic E-state index is -0.232. The van der Waals surface area contributed by atoms with E-state index < -0.39 is 0 Å². The number of hydrogen-bond donors (Lipinski definition) is 0. The van der Waals surface area contributed by atoms with Crippen molar-refractivity contribution < 1.29 is 4.39 Å². The van der Waals surface area contributed by atoms with Crippen LogP contribution in [0.15, 0.2) is 46.7 Å². The summed E-state index contributed by atoms with van der Waals surface area (Å²) in [6.07, 6.45) is 1.73. The first-order valence-corrected chi connectivity index (χ1v) is 7.96. The lowest BCUT2D eigenvalue weighted by Gasteiger charge is -2.20. The number of thiazole rings is 1. The quantitative estimate of drug-likeness (QED) is 0.726. The fourth-order valence-electron chi connectivity index (χ4n) is 2.37. The average molecular weight is 317 g/mol. The Kier molecular flexibility index (Phi) is 4.31. The molecule has 2 aromatic heterocycles. The summed E-state index contributed by atoms with van der Waals surface area (Å²) >= 11 is 1.44. The predicted octanol–water partition coefficient (Wildman–Crippen LogP) is 2.92. The Hall–Kier alpha value is -2.05. The van der Waals surface area contributed by atoms with Gasteiger partial charge < -0.3 is 0 Å². The minimum absolute atomic E-state index is 0.0666. The van der Waals surface area contributed by atoms with E-state index in [-0.39, 0.29) is 11.4 Å². The van der Waals surface area contributed by atoms with Crippen molar-refractivity contribution in [2.45, 2.75) is 20.0 Å². The van der Waals surface area contributed by atoms with E-state index in [0.717, 1.165) is 17.8 Å². The zero-order chi connectivity index (χ0) is 15.5. The molecule has 1 aromatic carbocycles. The van der Waals surface area contributed by atoms with E-state index in [9.17, 15) is 9.18 Å². The lowest BCUT2D eigenvalue weighted by Crippen LogP contribution is -2.24. The van der Waals surface area contributed by atoms with Crippen LogP contribution >= 0.6 is 11.3 Å². The molecule has 0 bridgehead atoms. The molecule has 0 saturated carbocycles. The third-order valence-electron chi connectivity index (χ3n) is 3.48. The van der Waals surface area contributed by atoms with Crippen LogP contribution in [0.3, 0.4) is 0 Å². The molecule has 4 nitrogen and oxygen atoms in total. The molecule has 0 atom stereocenters. The number of benzene rings is 1. The van der Waals surface area contributed by atoms with Gasteiger partial charge in [-0.25, -0.2) is 9.37 Å². The minimum Gasteiger partial charge on any atom is -0.294 e. The molecule has 0 N–H and O–H groups in total. The first-order chi connectivity index (χ1) is 10.7. The maximum absolute atomic E-state index is 13.3. The van der Waals surface area contributed by atoms with Gasteiger partial charge in [0.05, 0.1) is 5.69 Å². The van der Waals surface area contributed by atoms with Gasteiger partial charge in [-0.15, -0.1) is 11.3 Å². The van der Waals surface area contributed by atoms with Crippen molar-refractivity contribution in [3.05, 3.63) is 69.3 Å². The summed E-state index contributed by atoms with van der Waals surface area (Å²) in [6, 6.07) is 8.14. The predicted molar refractivity (Wildman–Crippen MR) is 85.5 cm³/mol. The maximum atomic E-state index is 13.3. The van der Waals surface area contributed by atoms with Gasteiger partial charge in [-0.3, -0.25) is 14.1 Å². The molecule has 3 rings (SSSR count). The van der Waals surface area contributed by atoms with Crippen molar-refractivity contribution in [2.75, 3.05) is 6.54 Å². The third kappa shape index (κ3) is 3.23. The number of rotatable bonds is 5. The SMILES string of the molecule is CCN(Cc1cccc(F)c1)Cc1cc(=O)n2ccsc2n1. The summed E-state index contributed by atoms with van der Waals surface area (Å²) in [7, 11) is 0. The van der Waals surface area contributed by atoms with Crippen LogP contribution in [-0.4, -0.2) is 20.8 Å². The van der Waals surface area contributed by atoms with Gasteiger partial charge in [0.15, 0.2) is 4.96 Å². The zero-order valence-corrected chi connectivity index (χ0v) is 13.0. The first-order valence-electron chi connectivity index (χ1n) is 7.08. The standard InChI is InChI=1S/C16H16FN3OS/c1-2-19(10-12-4-3-5-13(17)8-12)11-14-9-15(21)20-6-7-22-16(20)18-14/h3-9H,2,10-11H2,1H3. The molecule has 0 fully saturated rings. The number of aromatic nitrogens is 2. The van der Waals surface area contributed by atoms with Gasteiger partial charge in [0.25, 0.3) is 5.56 Å². The Labute approximate surface area is 131 Å². The summed E-state index contributed by atoms with van der Waals surface area (Å²) in [6.45, 7) is 4.02. The van der Waals surface area contributed by atoms with Gasteiger partial charge in [-0.05, 0) is 24.2 Å². The third-order valence-corrected chi connectivity index (χ3v) is 4.24. The number of halogens is 1. The van der Waals surface area contributed by atoms with Gasteiger partial charge >= 0.3 is 0 Å². The maximum Gasteiger partial charge on any atom is 0.258 e. The molecule has 2 heterocycles. The Morgan fingerprint density at radius 2 is 2.18 bits per heavy atom. The van der Waals surface area contributed by atoms with Gasteiger partial charge in [0.1, 0.15) is 5.82 Å². The topological polar surface area (TPSA) is 37.6 Å². The number of nitrogens with zero attached hydrogens (tertiary/aromatic N) is 3. The van der Waals surface area contributed by atoms with Crippen LogP contribution in [0.2, 0.25) is 0 Å². The molecule has 0 aliphatic rings. The Balaban J connectivity index is 1.80. The molecule has 6 heteroatoms. The molecular weight excluding hydrogens is 301 g/mol. The van der Waals surface area contributed by atoms with Gasteiger partial charge in [0.2, 0.25) is 0 Å². The smallest absolute Gasteiger partial charge is 0.258 e. The van der Waals surface area contributed by atoms with Gasteiger partial charge in [0, 0.05) is 30.7 Å². The van der Waals surface area contributed by atoms with E-state index in [4.69, 9.17) is 0 Å². The largest absolute Gasteiger partial charge is 0.294 e. The number of hydrogen-bond acceptors (Lipinski definition) is 4. The van der Waals surface area contributed by atoms with Crippen LogP contribution in [-0.2, 0) is 13.1 Å². The first kappa shape index (κ1) is 14.9.